The van der Waals surface area contributed by atoms with Crippen molar-refractivity contribution in [3.8, 4) is 0 Å². The van der Waals surface area contributed by atoms with Crippen LogP contribution in [-0.2, 0) is 4.79 Å². The van der Waals surface area contributed by atoms with Crippen LogP contribution in [0.15, 0.2) is 23.3 Å². The normalized spacial score (nSPS) is 16.3. The summed E-state index contributed by atoms with van der Waals surface area (Å²) in [6.07, 6.45) is 0. The first-order chi connectivity index (χ1) is 10.9. The van der Waals surface area contributed by atoms with E-state index in [1.165, 1.54) is 0 Å². The Morgan fingerprint density at radius 3 is 2.35 bits per heavy atom. The Morgan fingerprint density at radius 2 is 1.83 bits per heavy atom. The van der Waals surface area contributed by atoms with Crippen LogP contribution in [0.3, 0.4) is 0 Å². The molecule has 1 fully saturated rings. The number of likely N-dealkylation sites (N-methyl/N-ethyl adjacent to an activating group) is 1. The Labute approximate surface area is 150 Å². The maximum absolute atomic E-state index is 12.5. The number of halogens is 2. The maximum Gasteiger partial charge on any atom is 0.277 e. The van der Waals surface area contributed by atoms with Crippen LogP contribution in [0.4, 0.5) is 5.69 Å². The molecular formula is C14H17Cl2N5OS. The van der Waals surface area contributed by atoms with Gasteiger partial charge in [-0.25, -0.2) is 0 Å². The van der Waals surface area contributed by atoms with Crippen molar-refractivity contribution in [1.29, 1.82) is 0 Å². The van der Waals surface area contributed by atoms with Gasteiger partial charge in [0, 0.05) is 26.2 Å². The number of amides is 1. The summed E-state index contributed by atoms with van der Waals surface area (Å²) in [4.78, 5) is 16.3. The first-order valence-electron chi connectivity index (χ1n) is 6.95. The fraction of sp³-hybridized carbons (Fsp3) is 0.357. The summed E-state index contributed by atoms with van der Waals surface area (Å²) in [7, 11) is 2.01. The molecule has 23 heavy (non-hydrogen) atoms. The Balaban J connectivity index is 2.18. The summed E-state index contributed by atoms with van der Waals surface area (Å²) >= 11 is 17.1. The molecule has 0 atom stereocenters. The third-order valence-electron chi connectivity index (χ3n) is 3.47. The van der Waals surface area contributed by atoms with Gasteiger partial charge in [0.1, 0.15) is 4.99 Å². The van der Waals surface area contributed by atoms with E-state index in [1.807, 2.05) is 7.05 Å². The molecule has 0 unspecified atom stereocenters. The zero-order valence-corrected chi connectivity index (χ0v) is 14.9. The Bertz CT molecular complexity index is 624. The molecule has 0 aliphatic carbocycles. The molecule has 0 radical (unpaired) electrons. The second-order valence-electron chi connectivity index (χ2n) is 5.13. The Kier molecular flexibility index (Phi) is 6.17. The molecule has 0 spiro atoms. The van der Waals surface area contributed by atoms with Gasteiger partial charge in [-0.15, -0.1) is 0 Å². The number of nitrogens with zero attached hydrogens (tertiary/aromatic N) is 3. The maximum atomic E-state index is 12.5. The smallest absolute Gasteiger partial charge is 0.277 e. The topological polar surface area (TPSA) is 74.0 Å². The minimum atomic E-state index is -0.304. The number of hydrazone groups is 1. The molecule has 1 aromatic rings. The van der Waals surface area contributed by atoms with Gasteiger partial charge in [-0.1, -0.05) is 41.5 Å². The van der Waals surface area contributed by atoms with Crippen LogP contribution in [0.2, 0.25) is 10.0 Å². The van der Waals surface area contributed by atoms with E-state index in [0.29, 0.717) is 28.8 Å². The van der Waals surface area contributed by atoms with E-state index in [2.05, 4.69) is 15.4 Å². The second-order valence-corrected chi connectivity index (χ2v) is 6.38. The lowest BCUT2D eigenvalue weighted by Gasteiger charge is -2.32. The number of hydrogen-bond acceptors (Lipinski definition) is 5. The van der Waals surface area contributed by atoms with Crippen LogP contribution in [0.25, 0.3) is 0 Å². The number of thiocarbonyl (C=S) groups is 1. The van der Waals surface area contributed by atoms with E-state index >= 15 is 0 Å². The van der Waals surface area contributed by atoms with E-state index in [0.717, 1.165) is 13.1 Å². The van der Waals surface area contributed by atoms with Crippen molar-refractivity contribution in [2.75, 3.05) is 38.7 Å². The number of nitrogens with one attached hydrogen (secondary N) is 1. The van der Waals surface area contributed by atoms with Crippen LogP contribution in [0, 0.1) is 0 Å². The predicted molar refractivity (Wildman–Crippen MR) is 98.4 cm³/mol. The Morgan fingerprint density at radius 1 is 1.26 bits per heavy atom. The third-order valence-corrected chi connectivity index (χ3v) is 4.29. The van der Waals surface area contributed by atoms with Gasteiger partial charge in [0.25, 0.3) is 5.91 Å². The van der Waals surface area contributed by atoms with E-state index in [1.54, 1.807) is 23.1 Å². The van der Waals surface area contributed by atoms with Gasteiger partial charge in [-0.3, -0.25) is 10.2 Å². The van der Waals surface area contributed by atoms with Crippen molar-refractivity contribution in [3.05, 3.63) is 28.2 Å². The molecule has 1 heterocycles. The number of anilines is 1. The minimum absolute atomic E-state index is 0.0134. The highest BCUT2D eigenvalue weighted by Gasteiger charge is 2.25. The molecule has 0 saturated carbocycles. The number of carbonyl (C=O) groups excluding carboxylic acids is 1. The number of para-hydroxylation sites is 1. The van der Waals surface area contributed by atoms with Gasteiger partial charge < -0.3 is 15.5 Å². The molecule has 9 heteroatoms. The number of nitrogens with two attached hydrogens (primary N) is 1. The highest BCUT2D eigenvalue weighted by molar-refractivity contribution is 7.82. The lowest BCUT2D eigenvalue weighted by Crippen LogP contribution is -2.51. The molecule has 1 aliphatic rings. The van der Waals surface area contributed by atoms with Gasteiger partial charge in [0.15, 0.2) is 5.71 Å². The summed E-state index contributed by atoms with van der Waals surface area (Å²) in [6, 6.07) is 5.03. The quantitative estimate of drug-likeness (QED) is 0.478. The van der Waals surface area contributed by atoms with Gasteiger partial charge in [-0.05, 0) is 19.2 Å². The predicted octanol–water partition coefficient (Wildman–Crippen LogP) is 1.82. The van der Waals surface area contributed by atoms with Gasteiger partial charge in [-0.2, -0.15) is 5.10 Å². The molecule has 1 aliphatic heterocycles. The fourth-order valence-electron chi connectivity index (χ4n) is 2.08. The third kappa shape index (κ3) is 4.54. The molecular weight excluding hydrogens is 357 g/mol. The number of piperazine rings is 1. The number of rotatable bonds is 4. The highest BCUT2D eigenvalue weighted by Crippen LogP contribution is 2.29. The molecule has 0 aromatic heterocycles. The van der Waals surface area contributed by atoms with Gasteiger partial charge >= 0.3 is 0 Å². The molecule has 1 aromatic carbocycles. The van der Waals surface area contributed by atoms with Crippen LogP contribution in [0.1, 0.15) is 0 Å². The van der Waals surface area contributed by atoms with Crippen LogP contribution in [-0.4, -0.2) is 59.6 Å². The molecule has 2 rings (SSSR count). The monoisotopic (exact) mass is 373 g/mol. The summed E-state index contributed by atoms with van der Waals surface area (Å²) in [6.45, 7) is 2.79. The highest BCUT2D eigenvalue weighted by atomic mass is 35.5. The van der Waals surface area contributed by atoms with E-state index in [4.69, 9.17) is 41.2 Å². The van der Waals surface area contributed by atoms with Crippen molar-refractivity contribution in [2.45, 2.75) is 0 Å². The van der Waals surface area contributed by atoms with Crippen LogP contribution >= 0.6 is 35.4 Å². The standard InChI is InChI=1S/C14H17Cl2N5OS/c1-20-5-7-21(8-6-20)14(22)12(13(17)23)19-18-11-9(15)3-2-4-10(11)16/h2-4,18H,5-8H2,1H3,(H2,17,23)/b19-12-. The molecule has 1 amide bonds. The number of hydrogen-bond donors (Lipinski definition) is 2. The first-order valence-corrected chi connectivity index (χ1v) is 8.12. The lowest BCUT2D eigenvalue weighted by atomic mass is 10.2. The SMILES string of the molecule is CN1CCN(C(=O)/C(=N\Nc2c(Cl)cccc2Cl)C(N)=S)CC1. The minimum Gasteiger partial charge on any atom is -0.388 e. The summed E-state index contributed by atoms with van der Waals surface area (Å²) in [5, 5.41) is 4.81. The Hall–Kier alpha value is -1.41. The molecule has 0 bridgehead atoms. The van der Waals surface area contributed by atoms with Crippen molar-refractivity contribution in [2.24, 2.45) is 10.8 Å². The van der Waals surface area contributed by atoms with Crippen LogP contribution in [0.5, 0.6) is 0 Å². The van der Waals surface area contributed by atoms with Crippen molar-refractivity contribution < 1.29 is 4.79 Å². The molecule has 124 valence electrons. The lowest BCUT2D eigenvalue weighted by molar-refractivity contribution is -0.125. The van der Waals surface area contributed by atoms with E-state index < -0.39 is 0 Å². The molecule has 3 N–H and O–H groups in total. The van der Waals surface area contributed by atoms with Gasteiger partial charge in [0.05, 0.1) is 15.7 Å². The van der Waals surface area contributed by atoms with E-state index in [9.17, 15) is 4.79 Å². The second kappa shape index (κ2) is 7.92. The summed E-state index contributed by atoms with van der Waals surface area (Å²) < 4.78 is 0. The molecule has 1 saturated heterocycles. The zero-order chi connectivity index (χ0) is 17.0. The van der Waals surface area contributed by atoms with Crippen molar-refractivity contribution >= 4 is 57.7 Å². The van der Waals surface area contributed by atoms with Crippen molar-refractivity contribution in [1.82, 2.24) is 9.80 Å². The molecule has 6 nitrogen and oxygen atoms in total. The first kappa shape index (κ1) is 17.9. The average molecular weight is 374 g/mol. The summed E-state index contributed by atoms with van der Waals surface area (Å²) in [5.41, 5.74) is 8.72. The number of carbonyl (C=O) groups is 1. The largest absolute Gasteiger partial charge is 0.388 e. The van der Waals surface area contributed by atoms with Crippen molar-refractivity contribution in [3.63, 3.8) is 0 Å². The van der Waals surface area contributed by atoms with Gasteiger partial charge in [0.2, 0.25) is 0 Å². The number of benzene rings is 1. The van der Waals surface area contributed by atoms with Crippen LogP contribution < -0.4 is 11.2 Å². The van der Waals surface area contributed by atoms with E-state index in [-0.39, 0.29) is 16.6 Å². The summed E-state index contributed by atoms with van der Waals surface area (Å²) in [5.74, 6) is -0.304. The fourth-order valence-corrected chi connectivity index (χ4v) is 2.70. The zero-order valence-electron chi connectivity index (χ0n) is 12.6. The average Bonchev–Trinajstić information content (AvgIpc) is 2.50.